The smallest absolute Gasteiger partial charge is 1.00 e. The van der Waals surface area contributed by atoms with E-state index >= 15 is 0 Å². The average Bonchev–Trinajstić information content (AvgIpc) is 2.25. The Morgan fingerprint density at radius 1 is 1.33 bits per heavy atom. The van der Waals surface area contributed by atoms with Gasteiger partial charge in [-0.25, -0.2) is 4.18 Å². The topological polar surface area (TPSA) is 72.8 Å². The van der Waals surface area contributed by atoms with Crippen LogP contribution in [0.5, 0.6) is 5.75 Å². The molecule has 0 aliphatic carbocycles. The zero-order valence-corrected chi connectivity index (χ0v) is 13.0. The summed E-state index contributed by atoms with van der Waals surface area (Å²) < 4.78 is 38.4. The monoisotopic (exact) mass is 282 g/mol. The molecule has 0 heterocycles. The molecule has 0 saturated carbocycles. The van der Waals surface area contributed by atoms with Crippen molar-refractivity contribution in [2.45, 2.75) is 6.42 Å². The van der Waals surface area contributed by atoms with Gasteiger partial charge in [0.2, 0.25) is 0 Å². The van der Waals surface area contributed by atoms with Gasteiger partial charge in [-0.05, 0) is 18.1 Å². The molecule has 0 aromatic heterocycles. The Balaban J connectivity index is 0. The van der Waals surface area contributed by atoms with Gasteiger partial charge in [0.1, 0.15) is 19.0 Å². The van der Waals surface area contributed by atoms with E-state index < -0.39 is 10.4 Å². The minimum absolute atomic E-state index is 0. The Bertz CT molecular complexity index is 478. The summed E-state index contributed by atoms with van der Waals surface area (Å²) in [4.78, 5) is 0. The van der Waals surface area contributed by atoms with E-state index in [1.165, 1.54) is 0 Å². The fourth-order valence-electron chi connectivity index (χ4n) is 1.26. The van der Waals surface area contributed by atoms with Crippen molar-refractivity contribution in [1.82, 2.24) is 0 Å². The molecule has 5 nitrogen and oxygen atoms in total. The van der Waals surface area contributed by atoms with Crippen molar-refractivity contribution in [2.24, 2.45) is 0 Å². The van der Waals surface area contributed by atoms with Crippen molar-refractivity contribution in [3.63, 3.8) is 0 Å². The van der Waals surface area contributed by atoms with Gasteiger partial charge in [0, 0.05) is 0 Å². The molecule has 7 heteroatoms. The molecule has 0 aliphatic rings. The van der Waals surface area contributed by atoms with Crippen LogP contribution in [0, 0.1) is 0 Å². The molecule has 96 valence electrons. The van der Waals surface area contributed by atoms with Gasteiger partial charge in [0.05, 0.1) is 0 Å². The van der Waals surface area contributed by atoms with E-state index in [9.17, 15) is 8.42 Å². The van der Waals surface area contributed by atoms with Gasteiger partial charge in [-0.2, -0.15) is 8.42 Å². The predicted octanol–water partition coefficient (Wildman–Crippen LogP) is -1.27. The Kier molecular flexibility index (Phi) is 8.51. The summed E-state index contributed by atoms with van der Waals surface area (Å²) in [6.07, 6.45) is 2.41. The Morgan fingerprint density at radius 2 is 2.00 bits per heavy atom. The standard InChI is InChI=1S/C11H14O5S.Na.H/c1-2-5-10-6-3-4-7-11(10)15-8-9-16-17(12,13)14;;/h2-4,6-7H,1,5,8-9H2,(H,12,13,14);;/q;+1;-1. The molecule has 1 aromatic carbocycles. The molecule has 0 unspecified atom stereocenters. The summed E-state index contributed by atoms with van der Waals surface area (Å²) in [5.41, 5.74) is 0.953. The van der Waals surface area contributed by atoms with Crippen LogP contribution < -0.4 is 34.3 Å². The Morgan fingerprint density at radius 3 is 2.61 bits per heavy atom. The molecular weight excluding hydrogens is 267 g/mol. The number of allylic oxidation sites excluding steroid dienone is 1. The van der Waals surface area contributed by atoms with Crippen LogP contribution in [0.1, 0.15) is 6.99 Å². The Labute approximate surface area is 131 Å². The van der Waals surface area contributed by atoms with Gasteiger partial charge in [-0.1, -0.05) is 24.3 Å². The summed E-state index contributed by atoms with van der Waals surface area (Å²) in [5, 5.41) is 0. The molecule has 0 amide bonds. The van der Waals surface area contributed by atoms with Crippen LogP contribution in [0.15, 0.2) is 36.9 Å². The maximum Gasteiger partial charge on any atom is 1.00 e. The third-order valence-electron chi connectivity index (χ3n) is 1.91. The molecule has 0 aliphatic heterocycles. The second-order valence-corrected chi connectivity index (χ2v) is 4.29. The first kappa shape index (κ1) is 17.6. The third-order valence-corrected chi connectivity index (χ3v) is 2.37. The largest absolute Gasteiger partial charge is 1.00 e. The summed E-state index contributed by atoms with van der Waals surface area (Å²) >= 11 is 0. The molecule has 1 aromatic rings. The van der Waals surface area contributed by atoms with Crippen LogP contribution in [0.3, 0.4) is 0 Å². The van der Waals surface area contributed by atoms with Crippen LogP contribution in [-0.4, -0.2) is 26.2 Å². The molecule has 0 atom stereocenters. The molecule has 0 fully saturated rings. The normalized spacial score (nSPS) is 10.5. The molecule has 0 spiro atoms. The SMILES string of the molecule is C=CCc1ccccc1OCCOS(=O)(=O)O.[H-].[Na+]. The third kappa shape index (κ3) is 7.15. The molecule has 18 heavy (non-hydrogen) atoms. The first-order chi connectivity index (χ1) is 8.03. The van der Waals surface area contributed by atoms with Gasteiger partial charge < -0.3 is 6.16 Å². The van der Waals surface area contributed by atoms with Crippen molar-refractivity contribution in [3.05, 3.63) is 42.5 Å². The van der Waals surface area contributed by atoms with Crippen molar-refractivity contribution >= 4 is 10.4 Å². The van der Waals surface area contributed by atoms with Crippen molar-refractivity contribution in [1.29, 1.82) is 0 Å². The van der Waals surface area contributed by atoms with Gasteiger partial charge in [0.15, 0.2) is 0 Å². The van der Waals surface area contributed by atoms with Crippen LogP contribution >= 0.6 is 0 Å². The van der Waals surface area contributed by atoms with E-state index in [-0.39, 0.29) is 44.2 Å². The van der Waals surface area contributed by atoms with E-state index in [0.29, 0.717) is 12.2 Å². The van der Waals surface area contributed by atoms with Gasteiger partial charge in [-0.15, -0.1) is 6.58 Å². The average molecular weight is 282 g/mol. The molecule has 1 rings (SSSR count). The maximum absolute atomic E-state index is 10.3. The maximum atomic E-state index is 10.3. The van der Waals surface area contributed by atoms with Crippen molar-refractivity contribution < 1.29 is 52.9 Å². The molecular formula is C11H15NaO5S. The zero-order chi connectivity index (χ0) is 12.7. The minimum atomic E-state index is -4.40. The quantitative estimate of drug-likeness (QED) is 0.292. The van der Waals surface area contributed by atoms with Gasteiger partial charge in [-0.3, -0.25) is 4.55 Å². The van der Waals surface area contributed by atoms with Crippen molar-refractivity contribution in [2.75, 3.05) is 13.2 Å². The van der Waals surface area contributed by atoms with E-state index in [0.717, 1.165) is 5.56 Å². The molecule has 0 radical (unpaired) electrons. The predicted molar refractivity (Wildman–Crippen MR) is 64.5 cm³/mol. The molecule has 0 saturated heterocycles. The van der Waals surface area contributed by atoms with Gasteiger partial charge >= 0.3 is 40.0 Å². The zero-order valence-electron chi connectivity index (χ0n) is 11.2. The second kappa shape index (κ2) is 8.68. The van der Waals surface area contributed by atoms with E-state index in [2.05, 4.69) is 10.8 Å². The van der Waals surface area contributed by atoms with Crippen LogP contribution in [-0.2, 0) is 21.0 Å². The molecule has 1 N–H and O–H groups in total. The number of benzene rings is 1. The number of hydrogen-bond acceptors (Lipinski definition) is 4. The minimum Gasteiger partial charge on any atom is -1.00 e. The number of rotatable bonds is 7. The van der Waals surface area contributed by atoms with E-state index in [1.54, 1.807) is 12.1 Å². The first-order valence-corrected chi connectivity index (χ1v) is 6.33. The summed E-state index contributed by atoms with van der Waals surface area (Å²) in [5.74, 6) is 0.645. The number of ether oxygens (including phenoxy) is 1. The van der Waals surface area contributed by atoms with Gasteiger partial charge in [0.25, 0.3) is 0 Å². The molecule has 0 bridgehead atoms. The first-order valence-electron chi connectivity index (χ1n) is 4.96. The van der Waals surface area contributed by atoms with Crippen molar-refractivity contribution in [3.8, 4) is 5.75 Å². The van der Waals surface area contributed by atoms with Crippen LogP contribution in [0.25, 0.3) is 0 Å². The fraction of sp³-hybridized carbons (Fsp3) is 0.273. The van der Waals surface area contributed by atoms with E-state index in [1.807, 2.05) is 18.2 Å². The summed E-state index contributed by atoms with van der Waals surface area (Å²) in [7, 11) is -4.40. The fourth-order valence-corrected chi connectivity index (χ4v) is 1.54. The van der Waals surface area contributed by atoms with Crippen LogP contribution in [0.2, 0.25) is 0 Å². The Hall–Kier alpha value is -0.370. The second-order valence-electron chi connectivity index (χ2n) is 3.20. The van der Waals surface area contributed by atoms with Crippen LogP contribution in [0.4, 0.5) is 0 Å². The summed E-state index contributed by atoms with van der Waals surface area (Å²) in [6, 6.07) is 7.35. The van der Waals surface area contributed by atoms with E-state index in [4.69, 9.17) is 9.29 Å². The number of para-hydroxylation sites is 1. The number of hydrogen-bond donors (Lipinski definition) is 1. The summed E-state index contributed by atoms with van der Waals surface area (Å²) in [6.45, 7) is 3.43.